The zero-order chi connectivity index (χ0) is 14.8. The molecule has 0 heterocycles. The van der Waals surface area contributed by atoms with Crippen LogP contribution in [-0.4, -0.2) is 17.9 Å². The molecule has 0 aliphatic heterocycles. The number of carbonyl (C=O) groups excluding carboxylic acids is 1. The van der Waals surface area contributed by atoms with Crippen LogP contribution in [0.1, 0.15) is 45.1 Å². The monoisotopic (exact) mass is 274 g/mol. The summed E-state index contributed by atoms with van der Waals surface area (Å²) < 4.78 is 0. The second-order valence-electron chi connectivity index (χ2n) is 6.73. The molecule has 1 amide bonds. The third-order valence-electron chi connectivity index (χ3n) is 4.55. The van der Waals surface area contributed by atoms with Crippen molar-refractivity contribution < 1.29 is 4.79 Å². The molecule has 0 saturated heterocycles. The van der Waals surface area contributed by atoms with E-state index in [2.05, 4.69) is 13.8 Å². The minimum Gasteiger partial charge on any atom is -0.399 e. The SMILES string of the molecule is CN(Cc1cccc(N)c1)C(=O)C1CCCCC1(C)C. The van der Waals surface area contributed by atoms with Crippen LogP contribution in [0, 0.1) is 11.3 Å². The quantitative estimate of drug-likeness (QED) is 0.858. The van der Waals surface area contributed by atoms with Gasteiger partial charge in [-0.25, -0.2) is 0 Å². The van der Waals surface area contributed by atoms with Crippen LogP contribution < -0.4 is 5.73 Å². The Morgan fingerprint density at radius 1 is 1.40 bits per heavy atom. The molecule has 110 valence electrons. The van der Waals surface area contributed by atoms with Crippen molar-refractivity contribution in [1.29, 1.82) is 0 Å². The second-order valence-corrected chi connectivity index (χ2v) is 6.73. The Morgan fingerprint density at radius 3 is 2.80 bits per heavy atom. The van der Waals surface area contributed by atoms with Crippen molar-refractivity contribution in [2.75, 3.05) is 12.8 Å². The molecule has 1 aromatic carbocycles. The first kappa shape index (κ1) is 14.9. The number of benzene rings is 1. The van der Waals surface area contributed by atoms with Crippen molar-refractivity contribution >= 4 is 11.6 Å². The van der Waals surface area contributed by atoms with E-state index >= 15 is 0 Å². The molecule has 0 aromatic heterocycles. The summed E-state index contributed by atoms with van der Waals surface area (Å²) in [7, 11) is 1.90. The molecule has 0 radical (unpaired) electrons. The first-order valence-corrected chi connectivity index (χ1v) is 7.49. The minimum absolute atomic E-state index is 0.124. The lowest BCUT2D eigenvalue weighted by Crippen LogP contribution is -2.41. The number of hydrogen-bond acceptors (Lipinski definition) is 2. The third kappa shape index (κ3) is 3.33. The molecular formula is C17H26N2O. The molecule has 1 fully saturated rings. The molecule has 20 heavy (non-hydrogen) atoms. The summed E-state index contributed by atoms with van der Waals surface area (Å²) in [5, 5.41) is 0. The minimum atomic E-state index is 0.124. The van der Waals surface area contributed by atoms with Gasteiger partial charge in [-0.2, -0.15) is 0 Å². The number of hydrogen-bond donors (Lipinski definition) is 1. The van der Waals surface area contributed by atoms with Crippen LogP contribution in [0.4, 0.5) is 5.69 Å². The normalized spacial score (nSPS) is 21.4. The molecule has 3 heteroatoms. The number of rotatable bonds is 3. The van der Waals surface area contributed by atoms with Crippen molar-refractivity contribution in [3.8, 4) is 0 Å². The molecule has 1 aliphatic rings. The second kappa shape index (κ2) is 5.86. The average Bonchev–Trinajstić information content (AvgIpc) is 2.37. The fourth-order valence-corrected chi connectivity index (χ4v) is 3.26. The first-order valence-electron chi connectivity index (χ1n) is 7.49. The highest BCUT2D eigenvalue weighted by molar-refractivity contribution is 5.79. The topological polar surface area (TPSA) is 46.3 Å². The Kier molecular flexibility index (Phi) is 4.36. The summed E-state index contributed by atoms with van der Waals surface area (Å²) in [5.74, 6) is 0.430. The van der Waals surface area contributed by atoms with Gasteiger partial charge in [-0.1, -0.05) is 38.8 Å². The summed E-state index contributed by atoms with van der Waals surface area (Å²) in [6.07, 6.45) is 4.59. The lowest BCUT2D eigenvalue weighted by Gasteiger charge is -2.39. The van der Waals surface area contributed by atoms with Crippen LogP contribution in [0.25, 0.3) is 0 Å². The number of nitrogens with two attached hydrogens (primary N) is 1. The van der Waals surface area contributed by atoms with E-state index in [1.54, 1.807) is 0 Å². The van der Waals surface area contributed by atoms with Crippen molar-refractivity contribution in [3.63, 3.8) is 0 Å². The molecule has 0 bridgehead atoms. The van der Waals surface area contributed by atoms with Gasteiger partial charge in [0.15, 0.2) is 0 Å². The van der Waals surface area contributed by atoms with Crippen LogP contribution in [0.2, 0.25) is 0 Å². The van der Waals surface area contributed by atoms with Gasteiger partial charge < -0.3 is 10.6 Å². The van der Waals surface area contributed by atoms with Crippen molar-refractivity contribution in [2.24, 2.45) is 11.3 Å². The molecule has 0 spiro atoms. The van der Waals surface area contributed by atoms with Crippen LogP contribution in [-0.2, 0) is 11.3 Å². The van der Waals surface area contributed by atoms with Gasteiger partial charge in [0.2, 0.25) is 5.91 Å². The molecule has 3 nitrogen and oxygen atoms in total. The predicted octanol–water partition coefficient (Wildman–Crippen LogP) is 3.44. The van der Waals surface area contributed by atoms with E-state index in [1.807, 2.05) is 36.2 Å². The fourth-order valence-electron chi connectivity index (χ4n) is 3.26. The Morgan fingerprint density at radius 2 is 2.15 bits per heavy atom. The zero-order valence-electron chi connectivity index (χ0n) is 12.9. The molecular weight excluding hydrogens is 248 g/mol. The lowest BCUT2D eigenvalue weighted by atomic mass is 9.68. The van der Waals surface area contributed by atoms with Crippen molar-refractivity contribution in [3.05, 3.63) is 29.8 Å². The first-order chi connectivity index (χ1) is 9.40. The number of amides is 1. The van der Waals surface area contributed by atoms with Gasteiger partial charge in [-0.05, 0) is 36.0 Å². The standard InChI is InChI=1S/C17H26N2O/c1-17(2)10-5-4-9-15(17)16(20)19(3)12-13-7-6-8-14(18)11-13/h6-8,11,15H,4-5,9-10,12,18H2,1-3H3. The van der Waals surface area contributed by atoms with E-state index < -0.39 is 0 Å². The van der Waals surface area contributed by atoms with Crippen molar-refractivity contribution in [1.82, 2.24) is 4.90 Å². The van der Waals surface area contributed by atoms with Crippen LogP contribution in [0.5, 0.6) is 0 Å². The van der Waals surface area contributed by atoms with Gasteiger partial charge in [0.1, 0.15) is 0 Å². The molecule has 2 N–H and O–H groups in total. The van der Waals surface area contributed by atoms with Gasteiger partial charge in [0, 0.05) is 25.2 Å². The number of carbonyl (C=O) groups is 1. The van der Waals surface area contributed by atoms with E-state index in [1.165, 1.54) is 12.8 Å². The van der Waals surface area contributed by atoms with E-state index in [4.69, 9.17) is 5.73 Å². The van der Waals surface area contributed by atoms with Gasteiger partial charge >= 0.3 is 0 Å². The maximum absolute atomic E-state index is 12.7. The van der Waals surface area contributed by atoms with E-state index in [0.717, 1.165) is 24.1 Å². The third-order valence-corrected chi connectivity index (χ3v) is 4.55. The summed E-state index contributed by atoms with van der Waals surface area (Å²) in [6, 6.07) is 7.77. The van der Waals surface area contributed by atoms with Gasteiger partial charge in [0.05, 0.1) is 0 Å². The molecule has 1 saturated carbocycles. The zero-order valence-corrected chi connectivity index (χ0v) is 12.9. The number of nitrogens with zero attached hydrogens (tertiary/aromatic N) is 1. The van der Waals surface area contributed by atoms with Crippen molar-refractivity contribution in [2.45, 2.75) is 46.1 Å². The number of anilines is 1. The van der Waals surface area contributed by atoms with E-state index in [9.17, 15) is 4.79 Å². The highest BCUT2D eigenvalue weighted by atomic mass is 16.2. The maximum Gasteiger partial charge on any atom is 0.226 e. The van der Waals surface area contributed by atoms with Gasteiger partial charge in [-0.15, -0.1) is 0 Å². The number of nitrogen functional groups attached to an aromatic ring is 1. The fraction of sp³-hybridized carbons (Fsp3) is 0.588. The summed E-state index contributed by atoms with van der Waals surface area (Å²) in [5.41, 5.74) is 7.76. The van der Waals surface area contributed by atoms with Crippen LogP contribution >= 0.6 is 0 Å². The summed E-state index contributed by atoms with van der Waals surface area (Å²) in [4.78, 5) is 14.6. The molecule has 1 unspecified atom stereocenters. The largest absolute Gasteiger partial charge is 0.399 e. The van der Waals surface area contributed by atoms with Gasteiger partial charge in [-0.3, -0.25) is 4.79 Å². The van der Waals surface area contributed by atoms with Crippen LogP contribution in [0.3, 0.4) is 0 Å². The smallest absolute Gasteiger partial charge is 0.226 e. The van der Waals surface area contributed by atoms with Crippen LogP contribution in [0.15, 0.2) is 24.3 Å². The Labute approximate surface area is 122 Å². The lowest BCUT2D eigenvalue weighted by molar-refractivity contribution is -0.140. The molecule has 1 aliphatic carbocycles. The Bertz CT molecular complexity index is 482. The van der Waals surface area contributed by atoms with Gasteiger partial charge in [0.25, 0.3) is 0 Å². The molecule has 1 aromatic rings. The summed E-state index contributed by atoms with van der Waals surface area (Å²) >= 11 is 0. The molecule has 2 rings (SSSR count). The maximum atomic E-state index is 12.7. The Hall–Kier alpha value is -1.51. The average molecular weight is 274 g/mol. The summed E-state index contributed by atoms with van der Waals surface area (Å²) in [6.45, 7) is 5.09. The highest BCUT2D eigenvalue weighted by Crippen LogP contribution is 2.41. The Balaban J connectivity index is 2.05. The molecule has 1 atom stereocenters. The van der Waals surface area contributed by atoms with E-state index in [-0.39, 0.29) is 17.2 Å². The van der Waals surface area contributed by atoms with E-state index in [0.29, 0.717) is 6.54 Å². The predicted molar refractivity (Wildman–Crippen MR) is 83.1 cm³/mol. The highest BCUT2D eigenvalue weighted by Gasteiger charge is 2.38.